The van der Waals surface area contributed by atoms with Crippen molar-refractivity contribution in [3.8, 4) is 5.69 Å². The molecule has 1 saturated heterocycles. The number of carboxylic acids is 1. The Balaban J connectivity index is 1.76. The Labute approximate surface area is 128 Å². The van der Waals surface area contributed by atoms with Gasteiger partial charge in [-0.25, -0.2) is 4.68 Å². The van der Waals surface area contributed by atoms with Gasteiger partial charge in [-0.05, 0) is 43.2 Å². The highest BCUT2D eigenvalue weighted by Gasteiger charge is 2.30. The summed E-state index contributed by atoms with van der Waals surface area (Å²) in [6.07, 6.45) is 5.15. The number of aliphatic carboxylic acids is 1. The van der Waals surface area contributed by atoms with Gasteiger partial charge in [0.15, 0.2) is 0 Å². The summed E-state index contributed by atoms with van der Waals surface area (Å²) >= 11 is 0. The second-order valence-electron chi connectivity index (χ2n) is 5.39. The van der Waals surface area contributed by atoms with E-state index in [0.29, 0.717) is 12.1 Å². The monoisotopic (exact) mass is 299 g/mol. The summed E-state index contributed by atoms with van der Waals surface area (Å²) in [6, 6.07) is 8.83. The van der Waals surface area contributed by atoms with Crippen molar-refractivity contribution in [2.45, 2.75) is 25.3 Å². The minimum Gasteiger partial charge on any atom is -0.481 e. The second kappa shape index (κ2) is 6.01. The Morgan fingerprint density at radius 2 is 2.05 bits per heavy atom. The van der Waals surface area contributed by atoms with E-state index in [0.717, 1.165) is 18.5 Å². The molecule has 1 N–H and O–H groups in total. The summed E-state index contributed by atoms with van der Waals surface area (Å²) in [6.45, 7) is 0.623. The molecule has 1 aliphatic rings. The maximum absolute atomic E-state index is 12.5. The first-order chi connectivity index (χ1) is 10.6. The van der Waals surface area contributed by atoms with Gasteiger partial charge in [0.2, 0.25) is 0 Å². The number of carbonyl (C=O) groups is 2. The van der Waals surface area contributed by atoms with Gasteiger partial charge in [-0.2, -0.15) is 5.10 Å². The first-order valence-corrected chi connectivity index (χ1v) is 7.28. The Morgan fingerprint density at radius 1 is 1.27 bits per heavy atom. The van der Waals surface area contributed by atoms with Crippen molar-refractivity contribution < 1.29 is 14.7 Å². The van der Waals surface area contributed by atoms with E-state index in [9.17, 15) is 9.59 Å². The molecule has 1 atom stereocenters. The summed E-state index contributed by atoms with van der Waals surface area (Å²) in [5, 5.41) is 13.1. The van der Waals surface area contributed by atoms with E-state index in [1.165, 1.54) is 0 Å². The third kappa shape index (κ3) is 2.86. The second-order valence-corrected chi connectivity index (χ2v) is 5.39. The fourth-order valence-corrected chi connectivity index (χ4v) is 2.86. The van der Waals surface area contributed by atoms with Gasteiger partial charge < -0.3 is 10.0 Å². The summed E-state index contributed by atoms with van der Waals surface area (Å²) in [5.74, 6) is -0.963. The van der Waals surface area contributed by atoms with Gasteiger partial charge in [-0.15, -0.1) is 0 Å². The van der Waals surface area contributed by atoms with E-state index in [1.807, 2.05) is 24.4 Å². The number of rotatable bonds is 4. The van der Waals surface area contributed by atoms with E-state index in [2.05, 4.69) is 5.10 Å². The Bertz CT molecular complexity index is 664. The van der Waals surface area contributed by atoms with Crippen LogP contribution in [0.2, 0.25) is 0 Å². The van der Waals surface area contributed by atoms with Crippen molar-refractivity contribution in [3.63, 3.8) is 0 Å². The van der Waals surface area contributed by atoms with Gasteiger partial charge in [-0.1, -0.05) is 0 Å². The topological polar surface area (TPSA) is 75.4 Å². The Hall–Kier alpha value is -2.63. The molecular formula is C16H17N3O3. The lowest BCUT2D eigenvalue weighted by Gasteiger charge is -2.23. The van der Waals surface area contributed by atoms with Crippen LogP contribution in [0.5, 0.6) is 0 Å². The minimum atomic E-state index is -0.862. The molecule has 1 aromatic heterocycles. The highest BCUT2D eigenvalue weighted by atomic mass is 16.4. The summed E-state index contributed by atoms with van der Waals surface area (Å²) in [4.78, 5) is 25.1. The number of amides is 1. The molecule has 0 spiro atoms. The van der Waals surface area contributed by atoms with E-state index in [1.54, 1.807) is 27.9 Å². The van der Waals surface area contributed by atoms with Gasteiger partial charge in [0, 0.05) is 30.5 Å². The predicted octanol–water partition coefficient (Wildman–Crippen LogP) is 1.95. The Kier molecular flexibility index (Phi) is 3.91. The lowest BCUT2D eigenvalue weighted by atomic mass is 10.1. The number of carbonyl (C=O) groups excluding carboxylic acids is 1. The number of hydrogen-bond acceptors (Lipinski definition) is 3. The molecule has 3 rings (SSSR count). The van der Waals surface area contributed by atoms with Crippen molar-refractivity contribution in [2.24, 2.45) is 0 Å². The molecule has 1 unspecified atom stereocenters. The first-order valence-electron chi connectivity index (χ1n) is 7.28. The van der Waals surface area contributed by atoms with E-state index >= 15 is 0 Å². The van der Waals surface area contributed by atoms with Gasteiger partial charge in [0.05, 0.1) is 12.1 Å². The molecule has 1 fully saturated rings. The SMILES string of the molecule is O=C(O)CC1CCCN1C(=O)c1ccc(-n2cccn2)cc1. The molecule has 0 bridgehead atoms. The number of benzene rings is 1. The zero-order chi connectivity index (χ0) is 15.5. The average Bonchev–Trinajstić information content (AvgIpc) is 3.17. The van der Waals surface area contributed by atoms with Gasteiger partial charge in [0.25, 0.3) is 5.91 Å². The number of hydrogen-bond donors (Lipinski definition) is 1. The van der Waals surface area contributed by atoms with Crippen LogP contribution in [0.1, 0.15) is 29.6 Å². The molecule has 0 radical (unpaired) electrons. The molecule has 1 amide bonds. The van der Waals surface area contributed by atoms with Crippen LogP contribution in [0, 0.1) is 0 Å². The zero-order valence-corrected chi connectivity index (χ0v) is 12.1. The lowest BCUT2D eigenvalue weighted by Crippen LogP contribution is -2.36. The first kappa shape index (κ1) is 14.3. The molecule has 1 aliphatic heterocycles. The summed E-state index contributed by atoms with van der Waals surface area (Å²) in [5.41, 5.74) is 1.46. The van der Waals surface area contributed by atoms with Crippen molar-refractivity contribution >= 4 is 11.9 Å². The molecule has 2 aromatic rings. The molecule has 1 aromatic carbocycles. The molecule has 22 heavy (non-hydrogen) atoms. The van der Waals surface area contributed by atoms with Crippen LogP contribution in [0.25, 0.3) is 5.69 Å². The summed E-state index contributed by atoms with van der Waals surface area (Å²) < 4.78 is 1.72. The molecule has 6 nitrogen and oxygen atoms in total. The predicted molar refractivity (Wildman–Crippen MR) is 79.9 cm³/mol. The number of likely N-dealkylation sites (tertiary alicyclic amines) is 1. The van der Waals surface area contributed by atoms with E-state index in [4.69, 9.17) is 5.11 Å². The molecule has 6 heteroatoms. The molecule has 114 valence electrons. The normalized spacial score (nSPS) is 17.6. The number of aromatic nitrogens is 2. The van der Waals surface area contributed by atoms with Crippen LogP contribution in [0.15, 0.2) is 42.7 Å². The minimum absolute atomic E-state index is 0.0110. The maximum Gasteiger partial charge on any atom is 0.305 e. The highest BCUT2D eigenvalue weighted by molar-refractivity contribution is 5.95. The van der Waals surface area contributed by atoms with Crippen molar-refractivity contribution in [1.82, 2.24) is 14.7 Å². The van der Waals surface area contributed by atoms with Crippen LogP contribution >= 0.6 is 0 Å². The largest absolute Gasteiger partial charge is 0.481 e. The average molecular weight is 299 g/mol. The third-order valence-corrected chi connectivity index (χ3v) is 3.93. The fraction of sp³-hybridized carbons (Fsp3) is 0.312. The molecule has 0 saturated carbocycles. The summed E-state index contributed by atoms with van der Waals surface area (Å²) in [7, 11) is 0. The third-order valence-electron chi connectivity index (χ3n) is 3.93. The highest BCUT2D eigenvalue weighted by Crippen LogP contribution is 2.23. The van der Waals surface area contributed by atoms with Gasteiger partial charge in [-0.3, -0.25) is 9.59 Å². The number of carboxylic acid groups (broad SMARTS) is 1. The Morgan fingerprint density at radius 3 is 2.68 bits per heavy atom. The number of nitrogens with zero attached hydrogens (tertiary/aromatic N) is 3. The fourth-order valence-electron chi connectivity index (χ4n) is 2.86. The van der Waals surface area contributed by atoms with Crippen molar-refractivity contribution in [1.29, 1.82) is 0 Å². The standard InChI is InChI=1S/C16H17N3O3/c20-15(21)11-14-3-1-9-18(14)16(22)12-4-6-13(7-5-12)19-10-2-8-17-19/h2,4-8,10,14H,1,3,9,11H2,(H,20,21). The lowest BCUT2D eigenvalue weighted by molar-refractivity contribution is -0.137. The van der Waals surface area contributed by atoms with Crippen LogP contribution in [0.3, 0.4) is 0 Å². The van der Waals surface area contributed by atoms with Gasteiger partial charge in [0.1, 0.15) is 0 Å². The van der Waals surface area contributed by atoms with Crippen LogP contribution in [0.4, 0.5) is 0 Å². The molecule has 2 heterocycles. The van der Waals surface area contributed by atoms with Crippen LogP contribution < -0.4 is 0 Å². The van der Waals surface area contributed by atoms with Crippen LogP contribution in [-0.2, 0) is 4.79 Å². The van der Waals surface area contributed by atoms with E-state index in [-0.39, 0.29) is 18.4 Å². The van der Waals surface area contributed by atoms with E-state index < -0.39 is 5.97 Å². The zero-order valence-electron chi connectivity index (χ0n) is 12.1. The van der Waals surface area contributed by atoms with Crippen molar-refractivity contribution in [3.05, 3.63) is 48.3 Å². The smallest absolute Gasteiger partial charge is 0.305 e. The van der Waals surface area contributed by atoms with Gasteiger partial charge >= 0.3 is 5.97 Å². The quantitative estimate of drug-likeness (QED) is 0.936. The molecule has 0 aliphatic carbocycles. The van der Waals surface area contributed by atoms with Crippen molar-refractivity contribution in [2.75, 3.05) is 6.54 Å². The maximum atomic E-state index is 12.5. The van der Waals surface area contributed by atoms with Crippen LogP contribution in [-0.4, -0.2) is 44.3 Å². The molecular weight excluding hydrogens is 282 g/mol.